The van der Waals surface area contributed by atoms with Gasteiger partial charge in [-0.15, -0.1) is 0 Å². The molecule has 1 rings (SSSR count). The van der Waals surface area contributed by atoms with Crippen molar-refractivity contribution in [3.8, 4) is 0 Å². The van der Waals surface area contributed by atoms with Crippen LogP contribution < -0.4 is 0 Å². The lowest BCUT2D eigenvalue weighted by atomic mass is 9.98. The van der Waals surface area contributed by atoms with Crippen LogP contribution in [0.4, 0.5) is 8.78 Å². The Kier molecular flexibility index (Phi) is 3.66. The number of hydrogen-bond acceptors (Lipinski definition) is 2. The van der Waals surface area contributed by atoms with Gasteiger partial charge in [0.1, 0.15) is 5.78 Å². The molecule has 1 aromatic rings. The minimum Gasteiger partial charge on any atom is -0.300 e. The number of halogens is 2. The quantitative estimate of drug-likeness (QED) is 0.719. The highest BCUT2D eigenvalue weighted by Crippen LogP contribution is 2.26. The summed E-state index contributed by atoms with van der Waals surface area (Å²) in [5.41, 5.74) is -0.159. The molecular formula is C11H10F2O2. The predicted molar refractivity (Wildman–Crippen MR) is 51.2 cm³/mol. The Morgan fingerprint density at radius 2 is 2.13 bits per heavy atom. The average Bonchev–Trinajstić information content (AvgIpc) is 2.15. The monoisotopic (exact) mass is 212 g/mol. The minimum absolute atomic E-state index is 0.0521. The van der Waals surface area contributed by atoms with E-state index < -0.39 is 6.43 Å². The topological polar surface area (TPSA) is 34.1 Å². The van der Waals surface area contributed by atoms with Crippen molar-refractivity contribution in [2.24, 2.45) is 0 Å². The van der Waals surface area contributed by atoms with Crippen molar-refractivity contribution in [2.45, 2.75) is 19.8 Å². The van der Waals surface area contributed by atoms with E-state index in [1.807, 2.05) is 0 Å². The molecule has 80 valence electrons. The van der Waals surface area contributed by atoms with E-state index in [1.165, 1.54) is 25.1 Å². The van der Waals surface area contributed by atoms with Crippen LogP contribution in [0, 0.1) is 0 Å². The van der Waals surface area contributed by atoms with E-state index in [0.29, 0.717) is 6.29 Å². The summed E-state index contributed by atoms with van der Waals surface area (Å²) in [7, 11) is 0. The second-order valence-electron chi connectivity index (χ2n) is 3.22. The van der Waals surface area contributed by atoms with Crippen LogP contribution in [0.3, 0.4) is 0 Å². The minimum atomic E-state index is -2.74. The molecule has 1 aromatic carbocycles. The largest absolute Gasteiger partial charge is 0.300 e. The van der Waals surface area contributed by atoms with Crippen molar-refractivity contribution >= 4 is 12.1 Å². The fourth-order valence-electron chi connectivity index (χ4n) is 1.42. The molecule has 0 saturated carbocycles. The molecule has 0 aliphatic carbocycles. The van der Waals surface area contributed by atoms with Crippen molar-refractivity contribution in [1.82, 2.24) is 0 Å². The van der Waals surface area contributed by atoms with E-state index >= 15 is 0 Å². The van der Waals surface area contributed by atoms with Gasteiger partial charge in [-0.05, 0) is 12.5 Å². The van der Waals surface area contributed by atoms with Crippen LogP contribution in [0.25, 0.3) is 0 Å². The summed E-state index contributed by atoms with van der Waals surface area (Å²) >= 11 is 0. The second kappa shape index (κ2) is 4.77. The number of hydrogen-bond donors (Lipinski definition) is 0. The Balaban J connectivity index is 3.24. The first-order valence-corrected chi connectivity index (χ1v) is 4.40. The van der Waals surface area contributed by atoms with Gasteiger partial charge < -0.3 is 0 Å². The Bertz CT molecular complexity index is 386. The van der Waals surface area contributed by atoms with Crippen LogP contribution in [0.5, 0.6) is 0 Å². The summed E-state index contributed by atoms with van der Waals surface area (Å²) in [6.45, 7) is 1.32. The molecule has 0 aliphatic heterocycles. The van der Waals surface area contributed by atoms with Crippen molar-refractivity contribution in [1.29, 1.82) is 0 Å². The van der Waals surface area contributed by atoms with E-state index in [1.54, 1.807) is 0 Å². The summed E-state index contributed by atoms with van der Waals surface area (Å²) in [5.74, 6) is -0.208. The summed E-state index contributed by atoms with van der Waals surface area (Å²) in [4.78, 5) is 21.4. The zero-order valence-electron chi connectivity index (χ0n) is 8.17. The van der Waals surface area contributed by atoms with Crippen LogP contribution in [0.1, 0.15) is 34.8 Å². The van der Waals surface area contributed by atoms with Crippen LogP contribution in [0.15, 0.2) is 18.2 Å². The third-order valence-corrected chi connectivity index (χ3v) is 2.01. The third-order valence-electron chi connectivity index (χ3n) is 2.01. The van der Waals surface area contributed by atoms with E-state index in [-0.39, 0.29) is 28.9 Å². The number of Topliss-reactive ketones (excluding diaryl/α,β-unsaturated/α-hetero) is 1. The number of aldehydes is 1. The number of alkyl halides is 2. The van der Waals surface area contributed by atoms with E-state index in [2.05, 4.69) is 0 Å². The van der Waals surface area contributed by atoms with Gasteiger partial charge in [-0.2, -0.15) is 0 Å². The van der Waals surface area contributed by atoms with Gasteiger partial charge in [0.15, 0.2) is 6.29 Å². The SMILES string of the molecule is CC(=O)Cc1cccc(C=O)c1C(F)F. The van der Waals surface area contributed by atoms with Gasteiger partial charge in [0.2, 0.25) is 0 Å². The normalized spacial score (nSPS) is 10.4. The molecule has 0 atom stereocenters. The molecule has 15 heavy (non-hydrogen) atoms. The van der Waals surface area contributed by atoms with Gasteiger partial charge in [0.05, 0.1) is 0 Å². The molecule has 0 unspecified atom stereocenters. The molecule has 0 saturated heterocycles. The second-order valence-corrected chi connectivity index (χ2v) is 3.22. The number of rotatable bonds is 4. The van der Waals surface area contributed by atoms with E-state index in [9.17, 15) is 18.4 Å². The van der Waals surface area contributed by atoms with Gasteiger partial charge in [-0.25, -0.2) is 8.78 Å². The maximum absolute atomic E-state index is 12.7. The number of carbonyl (C=O) groups excluding carboxylic acids is 2. The fraction of sp³-hybridized carbons (Fsp3) is 0.273. The number of benzene rings is 1. The van der Waals surface area contributed by atoms with Crippen LogP contribution in [0.2, 0.25) is 0 Å². The molecule has 0 heterocycles. The molecule has 0 spiro atoms. The Hall–Kier alpha value is -1.58. The van der Waals surface area contributed by atoms with Gasteiger partial charge in [0, 0.05) is 17.5 Å². The number of carbonyl (C=O) groups is 2. The summed E-state index contributed by atoms with van der Waals surface area (Å²) < 4.78 is 25.3. The van der Waals surface area contributed by atoms with Crippen molar-refractivity contribution < 1.29 is 18.4 Å². The smallest absolute Gasteiger partial charge is 0.264 e. The lowest BCUT2D eigenvalue weighted by Gasteiger charge is -2.09. The molecule has 0 radical (unpaired) electrons. The van der Waals surface area contributed by atoms with Gasteiger partial charge in [-0.1, -0.05) is 18.2 Å². The molecule has 4 heteroatoms. The molecule has 0 N–H and O–H groups in total. The molecule has 0 aliphatic rings. The predicted octanol–water partition coefficient (Wildman–Crippen LogP) is 2.57. The molecule has 0 bridgehead atoms. The molecule has 0 aromatic heterocycles. The van der Waals surface area contributed by atoms with Gasteiger partial charge in [-0.3, -0.25) is 9.59 Å². The van der Waals surface area contributed by atoms with Crippen LogP contribution in [-0.2, 0) is 11.2 Å². The Morgan fingerprint density at radius 3 is 2.60 bits per heavy atom. The molecule has 2 nitrogen and oxygen atoms in total. The van der Waals surface area contributed by atoms with Crippen molar-refractivity contribution in [3.05, 3.63) is 34.9 Å². The van der Waals surface area contributed by atoms with Crippen LogP contribution in [-0.4, -0.2) is 12.1 Å². The Labute approximate surface area is 85.9 Å². The van der Waals surface area contributed by atoms with E-state index in [4.69, 9.17) is 0 Å². The fourth-order valence-corrected chi connectivity index (χ4v) is 1.42. The maximum Gasteiger partial charge on any atom is 0.264 e. The van der Waals surface area contributed by atoms with Gasteiger partial charge >= 0.3 is 0 Å². The molecule has 0 fully saturated rings. The standard InChI is InChI=1S/C11H10F2O2/c1-7(15)5-8-3-2-4-9(6-14)10(8)11(12)13/h2-4,6,11H,5H2,1H3. The molecule has 0 amide bonds. The lowest BCUT2D eigenvalue weighted by Crippen LogP contribution is -2.04. The summed E-state index contributed by atoms with van der Waals surface area (Å²) in [5, 5.41) is 0. The summed E-state index contributed by atoms with van der Waals surface area (Å²) in [6, 6.07) is 4.25. The highest BCUT2D eigenvalue weighted by Gasteiger charge is 2.17. The third kappa shape index (κ3) is 2.68. The average molecular weight is 212 g/mol. The highest BCUT2D eigenvalue weighted by molar-refractivity contribution is 5.82. The van der Waals surface area contributed by atoms with Crippen molar-refractivity contribution in [3.63, 3.8) is 0 Å². The van der Waals surface area contributed by atoms with Gasteiger partial charge in [0.25, 0.3) is 6.43 Å². The number of ketones is 1. The summed E-state index contributed by atoms with van der Waals surface area (Å²) in [6.07, 6.45) is -2.42. The zero-order chi connectivity index (χ0) is 11.4. The van der Waals surface area contributed by atoms with E-state index in [0.717, 1.165) is 0 Å². The first kappa shape index (κ1) is 11.5. The highest BCUT2D eigenvalue weighted by atomic mass is 19.3. The van der Waals surface area contributed by atoms with Crippen LogP contribution >= 0.6 is 0 Å². The maximum atomic E-state index is 12.7. The first-order valence-electron chi connectivity index (χ1n) is 4.40. The molecular weight excluding hydrogens is 202 g/mol. The zero-order valence-corrected chi connectivity index (χ0v) is 8.17. The van der Waals surface area contributed by atoms with Crippen molar-refractivity contribution in [2.75, 3.05) is 0 Å². The first-order chi connectivity index (χ1) is 7.06. The lowest BCUT2D eigenvalue weighted by molar-refractivity contribution is -0.116. The Morgan fingerprint density at radius 1 is 1.47 bits per heavy atom.